The zero-order valence-electron chi connectivity index (χ0n) is 13.9. The molecule has 0 fully saturated rings. The van der Waals surface area contributed by atoms with Gasteiger partial charge in [0.1, 0.15) is 11.4 Å². The van der Waals surface area contributed by atoms with E-state index in [9.17, 15) is 9.50 Å². The van der Waals surface area contributed by atoms with E-state index in [4.69, 9.17) is 23.2 Å². The summed E-state index contributed by atoms with van der Waals surface area (Å²) < 4.78 is 13.3. The molecule has 0 saturated heterocycles. The summed E-state index contributed by atoms with van der Waals surface area (Å²) in [5, 5.41) is 15.8. The average molecular weight is 390 g/mol. The van der Waals surface area contributed by atoms with E-state index < -0.39 is 5.60 Å². The Bertz CT molecular complexity index is 871. The third-order valence-electron chi connectivity index (χ3n) is 4.28. The number of halogens is 3. The quantitative estimate of drug-likeness (QED) is 0.610. The van der Waals surface area contributed by atoms with Crippen molar-refractivity contribution in [3.63, 3.8) is 0 Å². The van der Waals surface area contributed by atoms with Crippen molar-refractivity contribution in [1.29, 1.82) is 0 Å². The SMILES string of the molecule is O[C@@](CNCc1ccc(Cl)cc1Cl)(c1ccccc1)c1ccc(F)cc1. The summed E-state index contributed by atoms with van der Waals surface area (Å²) in [5.74, 6) is -0.343. The van der Waals surface area contributed by atoms with Gasteiger partial charge in [0, 0.05) is 23.1 Å². The van der Waals surface area contributed by atoms with Crippen LogP contribution in [-0.2, 0) is 12.1 Å². The van der Waals surface area contributed by atoms with Crippen LogP contribution in [0, 0.1) is 5.82 Å². The van der Waals surface area contributed by atoms with Gasteiger partial charge in [0.25, 0.3) is 0 Å². The summed E-state index contributed by atoms with van der Waals surface area (Å²) in [6.07, 6.45) is 0. The highest BCUT2D eigenvalue weighted by molar-refractivity contribution is 6.35. The lowest BCUT2D eigenvalue weighted by Gasteiger charge is -2.30. The molecular formula is C21H18Cl2FNO. The maximum atomic E-state index is 13.3. The Balaban J connectivity index is 1.83. The maximum absolute atomic E-state index is 13.3. The van der Waals surface area contributed by atoms with Crippen LogP contribution in [0.3, 0.4) is 0 Å². The molecule has 26 heavy (non-hydrogen) atoms. The van der Waals surface area contributed by atoms with Crippen molar-refractivity contribution < 1.29 is 9.50 Å². The van der Waals surface area contributed by atoms with Crippen LogP contribution in [0.4, 0.5) is 4.39 Å². The molecule has 2 N–H and O–H groups in total. The smallest absolute Gasteiger partial charge is 0.127 e. The first kappa shape index (κ1) is 18.9. The van der Waals surface area contributed by atoms with Crippen molar-refractivity contribution >= 4 is 23.2 Å². The second-order valence-electron chi connectivity index (χ2n) is 6.07. The molecule has 0 aromatic heterocycles. The fraction of sp³-hybridized carbons (Fsp3) is 0.143. The Kier molecular flexibility index (Phi) is 5.94. The summed E-state index contributed by atoms with van der Waals surface area (Å²) in [6, 6.07) is 20.5. The van der Waals surface area contributed by atoms with Gasteiger partial charge in [-0.2, -0.15) is 0 Å². The number of aliphatic hydroxyl groups is 1. The van der Waals surface area contributed by atoms with Crippen molar-refractivity contribution in [2.45, 2.75) is 12.1 Å². The van der Waals surface area contributed by atoms with Crippen LogP contribution in [0.2, 0.25) is 10.0 Å². The topological polar surface area (TPSA) is 32.3 Å². The average Bonchev–Trinajstić information content (AvgIpc) is 2.64. The van der Waals surface area contributed by atoms with Crippen molar-refractivity contribution in [2.24, 2.45) is 0 Å². The first-order chi connectivity index (χ1) is 12.5. The molecular weight excluding hydrogens is 372 g/mol. The van der Waals surface area contributed by atoms with Crippen LogP contribution in [0.15, 0.2) is 72.8 Å². The Morgan fingerprint density at radius 1 is 0.885 bits per heavy atom. The largest absolute Gasteiger partial charge is 0.379 e. The molecule has 0 heterocycles. The van der Waals surface area contributed by atoms with Crippen LogP contribution < -0.4 is 5.32 Å². The van der Waals surface area contributed by atoms with Gasteiger partial charge in [0.2, 0.25) is 0 Å². The van der Waals surface area contributed by atoms with Gasteiger partial charge in [0.15, 0.2) is 0 Å². The second kappa shape index (κ2) is 8.19. The molecule has 2 nitrogen and oxygen atoms in total. The van der Waals surface area contributed by atoms with Gasteiger partial charge in [0.05, 0.1) is 0 Å². The first-order valence-corrected chi connectivity index (χ1v) is 8.93. The van der Waals surface area contributed by atoms with Crippen LogP contribution >= 0.6 is 23.2 Å². The molecule has 3 rings (SSSR count). The Labute approximate surface area is 162 Å². The highest BCUT2D eigenvalue weighted by atomic mass is 35.5. The van der Waals surface area contributed by atoms with Gasteiger partial charge in [-0.15, -0.1) is 0 Å². The van der Waals surface area contributed by atoms with Crippen LogP contribution in [-0.4, -0.2) is 11.7 Å². The third-order valence-corrected chi connectivity index (χ3v) is 4.87. The standard InChI is InChI=1S/C21H18Cl2FNO/c22-18-9-6-15(20(23)12-18)13-25-14-21(26,16-4-2-1-3-5-16)17-7-10-19(24)11-8-17/h1-12,25-26H,13-14H2/t21-/m0/s1. The highest BCUT2D eigenvalue weighted by Crippen LogP contribution is 2.29. The summed E-state index contributed by atoms with van der Waals surface area (Å²) in [5.41, 5.74) is 0.917. The van der Waals surface area contributed by atoms with Crippen molar-refractivity contribution in [3.05, 3.63) is 105 Å². The van der Waals surface area contributed by atoms with E-state index in [1.165, 1.54) is 12.1 Å². The van der Waals surface area contributed by atoms with Crippen LogP contribution in [0.1, 0.15) is 16.7 Å². The predicted octanol–water partition coefficient (Wildman–Crippen LogP) is 5.16. The van der Waals surface area contributed by atoms with Crippen molar-refractivity contribution in [2.75, 3.05) is 6.54 Å². The monoisotopic (exact) mass is 389 g/mol. The molecule has 0 spiro atoms. The lowest BCUT2D eigenvalue weighted by molar-refractivity contribution is 0.0795. The molecule has 0 radical (unpaired) electrons. The molecule has 0 aliphatic rings. The molecule has 0 aliphatic heterocycles. The molecule has 3 aromatic rings. The van der Waals surface area contributed by atoms with Crippen molar-refractivity contribution in [1.82, 2.24) is 5.32 Å². The van der Waals surface area contributed by atoms with E-state index in [0.717, 1.165) is 11.1 Å². The lowest BCUT2D eigenvalue weighted by Crippen LogP contribution is -2.39. The van der Waals surface area contributed by atoms with Gasteiger partial charge < -0.3 is 10.4 Å². The van der Waals surface area contributed by atoms with E-state index in [-0.39, 0.29) is 12.4 Å². The van der Waals surface area contributed by atoms with Gasteiger partial charge in [-0.25, -0.2) is 4.39 Å². The zero-order chi connectivity index (χ0) is 18.6. The molecule has 0 saturated carbocycles. The normalized spacial score (nSPS) is 13.4. The maximum Gasteiger partial charge on any atom is 0.127 e. The van der Waals surface area contributed by atoms with Crippen LogP contribution in [0.5, 0.6) is 0 Å². The van der Waals surface area contributed by atoms with Gasteiger partial charge in [-0.05, 0) is 41.0 Å². The minimum absolute atomic E-state index is 0.238. The Morgan fingerprint density at radius 2 is 1.54 bits per heavy atom. The fourth-order valence-electron chi connectivity index (χ4n) is 2.85. The minimum atomic E-state index is -1.30. The number of benzene rings is 3. The molecule has 1 atom stereocenters. The summed E-state index contributed by atoms with van der Waals surface area (Å²) >= 11 is 12.1. The summed E-state index contributed by atoms with van der Waals surface area (Å²) in [6.45, 7) is 0.702. The van der Waals surface area contributed by atoms with E-state index in [0.29, 0.717) is 22.2 Å². The molecule has 134 valence electrons. The van der Waals surface area contributed by atoms with Gasteiger partial charge >= 0.3 is 0 Å². The molecule has 0 unspecified atom stereocenters. The Hall–Kier alpha value is -1.91. The van der Waals surface area contributed by atoms with Crippen LogP contribution in [0.25, 0.3) is 0 Å². The zero-order valence-corrected chi connectivity index (χ0v) is 15.4. The van der Waals surface area contributed by atoms with E-state index in [1.807, 2.05) is 36.4 Å². The number of hydrogen-bond acceptors (Lipinski definition) is 2. The van der Waals surface area contributed by atoms with E-state index >= 15 is 0 Å². The van der Waals surface area contributed by atoms with Crippen molar-refractivity contribution in [3.8, 4) is 0 Å². The number of hydrogen-bond donors (Lipinski definition) is 2. The predicted molar refractivity (Wildman–Crippen MR) is 104 cm³/mol. The second-order valence-corrected chi connectivity index (χ2v) is 6.92. The van der Waals surface area contributed by atoms with Gasteiger partial charge in [-0.3, -0.25) is 0 Å². The van der Waals surface area contributed by atoms with Gasteiger partial charge in [-0.1, -0.05) is 71.7 Å². The molecule has 0 aliphatic carbocycles. The number of nitrogens with one attached hydrogen (secondary N) is 1. The molecule has 0 bridgehead atoms. The molecule has 0 amide bonds. The Morgan fingerprint density at radius 3 is 2.19 bits per heavy atom. The third kappa shape index (κ3) is 4.25. The fourth-order valence-corrected chi connectivity index (χ4v) is 3.33. The number of rotatable bonds is 6. The molecule has 3 aromatic carbocycles. The minimum Gasteiger partial charge on any atom is -0.379 e. The lowest BCUT2D eigenvalue weighted by atomic mass is 9.86. The van der Waals surface area contributed by atoms with E-state index in [2.05, 4.69) is 5.32 Å². The summed E-state index contributed by atoms with van der Waals surface area (Å²) in [4.78, 5) is 0. The molecule has 5 heteroatoms. The summed E-state index contributed by atoms with van der Waals surface area (Å²) in [7, 11) is 0. The van der Waals surface area contributed by atoms with E-state index in [1.54, 1.807) is 24.3 Å². The first-order valence-electron chi connectivity index (χ1n) is 8.17. The highest BCUT2D eigenvalue weighted by Gasteiger charge is 2.31.